The van der Waals surface area contributed by atoms with E-state index in [4.69, 9.17) is 0 Å². The van der Waals surface area contributed by atoms with Crippen molar-refractivity contribution in [3.63, 3.8) is 0 Å². The molecule has 72 valence electrons. The first-order valence-electron chi connectivity index (χ1n) is 4.36. The first kappa shape index (κ1) is 11.3. The standard InChI is InChI=1S/C11H14Br2/c1-11(8-12,9-13)7-10-5-3-2-4-6-10/h2-6H,7-9H2,1H3. The highest BCUT2D eigenvalue weighted by Crippen LogP contribution is 2.27. The summed E-state index contributed by atoms with van der Waals surface area (Å²) in [6, 6.07) is 10.6. The van der Waals surface area contributed by atoms with Gasteiger partial charge < -0.3 is 0 Å². The van der Waals surface area contributed by atoms with Crippen LogP contribution >= 0.6 is 31.9 Å². The molecule has 0 fully saturated rings. The van der Waals surface area contributed by atoms with Gasteiger partial charge in [0.25, 0.3) is 0 Å². The SMILES string of the molecule is CC(CBr)(CBr)Cc1ccccc1. The van der Waals surface area contributed by atoms with Crippen LogP contribution in [0.5, 0.6) is 0 Å². The van der Waals surface area contributed by atoms with E-state index in [1.165, 1.54) is 5.56 Å². The van der Waals surface area contributed by atoms with Crippen molar-refractivity contribution in [3.8, 4) is 0 Å². The van der Waals surface area contributed by atoms with E-state index in [-0.39, 0.29) is 0 Å². The highest BCUT2D eigenvalue weighted by atomic mass is 79.9. The van der Waals surface area contributed by atoms with Crippen LogP contribution in [0.3, 0.4) is 0 Å². The minimum Gasteiger partial charge on any atom is -0.0922 e. The number of benzene rings is 1. The summed E-state index contributed by atoms with van der Waals surface area (Å²) in [5.74, 6) is 0. The number of hydrogen-bond acceptors (Lipinski definition) is 0. The average Bonchev–Trinajstić information content (AvgIpc) is 2.19. The third-order valence-electron chi connectivity index (χ3n) is 2.12. The van der Waals surface area contributed by atoms with Gasteiger partial charge in [0.05, 0.1) is 0 Å². The van der Waals surface area contributed by atoms with Gasteiger partial charge in [-0.15, -0.1) is 0 Å². The molecule has 0 saturated carbocycles. The molecule has 1 rings (SSSR count). The summed E-state index contributed by atoms with van der Waals surface area (Å²) in [5.41, 5.74) is 1.73. The Balaban J connectivity index is 2.68. The molecule has 0 aliphatic rings. The van der Waals surface area contributed by atoms with Crippen LogP contribution in [-0.4, -0.2) is 10.7 Å². The van der Waals surface area contributed by atoms with Crippen molar-refractivity contribution in [2.75, 3.05) is 10.7 Å². The summed E-state index contributed by atoms with van der Waals surface area (Å²) in [5, 5.41) is 2.06. The van der Waals surface area contributed by atoms with Crippen LogP contribution in [0.15, 0.2) is 30.3 Å². The van der Waals surface area contributed by atoms with Crippen LogP contribution in [-0.2, 0) is 6.42 Å². The van der Waals surface area contributed by atoms with Crippen LogP contribution in [0.1, 0.15) is 12.5 Å². The maximum Gasteiger partial charge on any atom is 0.00965 e. The zero-order valence-corrected chi connectivity index (χ0v) is 10.9. The number of alkyl halides is 2. The molecule has 13 heavy (non-hydrogen) atoms. The summed E-state index contributed by atoms with van der Waals surface area (Å²) < 4.78 is 0. The molecule has 0 atom stereocenters. The van der Waals surface area contributed by atoms with E-state index in [2.05, 4.69) is 69.1 Å². The molecule has 0 aliphatic heterocycles. The lowest BCUT2D eigenvalue weighted by molar-refractivity contribution is 0.439. The Morgan fingerprint density at radius 3 is 2.08 bits per heavy atom. The van der Waals surface area contributed by atoms with E-state index >= 15 is 0 Å². The minimum atomic E-state index is 0.321. The fraction of sp³-hybridized carbons (Fsp3) is 0.455. The summed E-state index contributed by atoms with van der Waals surface area (Å²) in [6.45, 7) is 2.28. The van der Waals surface area contributed by atoms with E-state index in [1.54, 1.807) is 0 Å². The van der Waals surface area contributed by atoms with E-state index in [1.807, 2.05) is 0 Å². The smallest absolute Gasteiger partial charge is 0.00965 e. The first-order chi connectivity index (χ1) is 6.20. The number of hydrogen-bond donors (Lipinski definition) is 0. The molecule has 0 radical (unpaired) electrons. The summed E-state index contributed by atoms with van der Waals surface area (Å²) in [7, 11) is 0. The third kappa shape index (κ3) is 3.43. The maximum absolute atomic E-state index is 3.56. The molecule has 0 nitrogen and oxygen atoms in total. The Labute approximate surface area is 97.0 Å². The summed E-state index contributed by atoms with van der Waals surface area (Å²) in [4.78, 5) is 0. The fourth-order valence-electron chi connectivity index (χ4n) is 1.22. The Morgan fingerprint density at radius 2 is 1.62 bits per heavy atom. The second-order valence-corrected chi connectivity index (χ2v) is 4.86. The Kier molecular flexibility index (Phi) is 4.47. The van der Waals surface area contributed by atoms with Crippen molar-refractivity contribution in [3.05, 3.63) is 35.9 Å². The molecule has 1 aromatic carbocycles. The van der Waals surface area contributed by atoms with Gasteiger partial charge in [0.2, 0.25) is 0 Å². The second-order valence-electron chi connectivity index (χ2n) is 3.74. The topological polar surface area (TPSA) is 0 Å². The van der Waals surface area contributed by atoms with Gasteiger partial charge in [-0.25, -0.2) is 0 Å². The van der Waals surface area contributed by atoms with Gasteiger partial charge in [-0.2, -0.15) is 0 Å². The van der Waals surface area contributed by atoms with Crippen molar-refractivity contribution < 1.29 is 0 Å². The van der Waals surface area contributed by atoms with Gasteiger partial charge in [-0.05, 0) is 17.4 Å². The van der Waals surface area contributed by atoms with Crippen LogP contribution in [0.2, 0.25) is 0 Å². The van der Waals surface area contributed by atoms with E-state index in [0.717, 1.165) is 17.1 Å². The highest BCUT2D eigenvalue weighted by Gasteiger charge is 2.21. The Hall–Kier alpha value is 0.180. The number of halogens is 2. The summed E-state index contributed by atoms with van der Waals surface area (Å²) >= 11 is 7.12. The minimum absolute atomic E-state index is 0.321. The van der Waals surface area contributed by atoms with Crippen LogP contribution < -0.4 is 0 Å². The Bertz CT molecular complexity index is 240. The Morgan fingerprint density at radius 1 is 1.08 bits per heavy atom. The normalized spacial score (nSPS) is 11.6. The zero-order valence-electron chi connectivity index (χ0n) is 7.76. The van der Waals surface area contributed by atoms with E-state index < -0.39 is 0 Å². The molecule has 0 N–H and O–H groups in total. The molecule has 2 heteroatoms. The molecule has 0 aromatic heterocycles. The molecular formula is C11H14Br2. The second kappa shape index (κ2) is 5.16. The quantitative estimate of drug-likeness (QED) is 0.737. The predicted molar refractivity (Wildman–Crippen MR) is 65.8 cm³/mol. The summed E-state index contributed by atoms with van der Waals surface area (Å²) in [6.07, 6.45) is 1.12. The lowest BCUT2D eigenvalue weighted by atomic mass is 9.88. The predicted octanol–water partition coefficient (Wildman–Crippen LogP) is 4.03. The molecule has 0 heterocycles. The highest BCUT2D eigenvalue weighted by molar-refractivity contribution is 9.09. The van der Waals surface area contributed by atoms with Crippen molar-refractivity contribution in [1.82, 2.24) is 0 Å². The van der Waals surface area contributed by atoms with Gasteiger partial charge in [0.1, 0.15) is 0 Å². The van der Waals surface area contributed by atoms with Crippen molar-refractivity contribution in [2.45, 2.75) is 13.3 Å². The molecule has 0 saturated heterocycles. The molecule has 0 unspecified atom stereocenters. The van der Waals surface area contributed by atoms with Crippen molar-refractivity contribution >= 4 is 31.9 Å². The lowest BCUT2D eigenvalue weighted by Gasteiger charge is -2.24. The average molecular weight is 306 g/mol. The van der Waals surface area contributed by atoms with Gasteiger partial charge in [0, 0.05) is 10.7 Å². The van der Waals surface area contributed by atoms with Crippen LogP contribution in [0.25, 0.3) is 0 Å². The van der Waals surface area contributed by atoms with Crippen LogP contribution in [0.4, 0.5) is 0 Å². The van der Waals surface area contributed by atoms with Gasteiger partial charge in [-0.1, -0.05) is 69.1 Å². The molecular weight excluding hydrogens is 292 g/mol. The number of rotatable bonds is 4. The van der Waals surface area contributed by atoms with E-state index in [0.29, 0.717) is 5.41 Å². The van der Waals surface area contributed by atoms with Crippen molar-refractivity contribution in [1.29, 1.82) is 0 Å². The van der Waals surface area contributed by atoms with Crippen molar-refractivity contribution in [2.24, 2.45) is 5.41 Å². The molecule has 0 aliphatic carbocycles. The van der Waals surface area contributed by atoms with Gasteiger partial charge in [0.15, 0.2) is 0 Å². The fourth-order valence-corrected chi connectivity index (χ4v) is 2.54. The lowest BCUT2D eigenvalue weighted by Crippen LogP contribution is -2.23. The molecule has 1 aromatic rings. The van der Waals surface area contributed by atoms with Gasteiger partial charge in [-0.3, -0.25) is 0 Å². The largest absolute Gasteiger partial charge is 0.0922 e. The third-order valence-corrected chi connectivity index (χ3v) is 4.83. The maximum atomic E-state index is 3.56. The first-order valence-corrected chi connectivity index (χ1v) is 6.60. The van der Waals surface area contributed by atoms with E-state index in [9.17, 15) is 0 Å². The van der Waals surface area contributed by atoms with Gasteiger partial charge >= 0.3 is 0 Å². The molecule has 0 spiro atoms. The molecule has 0 bridgehead atoms. The monoisotopic (exact) mass is 304 g/mol. The van der Waals surface area contributed by atoms with Crippen LogP contribution in [0, 0.1) is 5.41 Å². The molecule has 0 amide bonds. The zero-order chi connectivity index (χ0) is 9.73.